The van der Waals surface area contributed by atoms with Crippen molar-refractivity contribution < 1.29 is 4.74 Å². The predicted molar refractivity (Wildman–Crippen MR) is 87.7 cm³/mol. The van der Waals surface area contributed by atoms with Crippen LogP contribution < -0.4 is 4.74 Å². The zero-order valence-corrected chi connectivity index (χ0v) is 13.2. The Kier molecular flexibility index (Phi) is 3.32. The van der Waals surface area contributed by atoms with Crippen LogP contribution in [0.5, 0.6) is 5.75 Å². The van der Waals surface area contributed by atoms with Crippen LogP contribution in [0.3, 0.4) is 0 Å². The van der Waals surface area contributed by atoms with E-state index in [4.69, 9.17) is 17.0 Å². The topological polar surface area (TPSA) is 29.9 Å². The highest BCUT2D eigenvalue weighted by Gasteiger charge is 2.07. The van der Waals surface area contributed by atoms with Crippen LogP contribution in [0.4, 0.5) is 0 Å². The Morgan fingerprint density at radius 3 is 2.58 bits per heavy atom. The normalized spacial score (nSPS) is 10.8. The van der Waals surface area contributed by atoms with E-state index >= 15 is 0 Å². The summed E-state index contributed by atoms with van der Waals surface area (Å²) in [5.74, 6) is 0.820. The largest absolute Gasteiger partial charge is 0.497 e. The first-order chi connectivity index (χ1) is 9.19. The molecule has 0 saturated heterocycles. The summed E-state index contributed by atoms with van der Waals surface area (Å²) < 4.78 is 9.18. The molecule has 0 fully saturated rings. The van der Waals surface area contributed by atoms with Gasteiger partial charge in [0.15, 0.2) is 4.77 Å². The van der Waals surface area contributed by atoms with E-state index in [0.29, 0.717) is 4.77 Å². The Hall–Kier alpha value is -1.34. The van der Waals surface area contributed by atoms with E-state index in [1.807, 2.05) is 22.8 Å². The molecule has 5 heteroatoms. The van der Waals surface area contributed by atoms with Gasteiger partial charge in [0, 0.05) is 15.3 Å². The van der Waals surface area contributed by atoms with E-state index in [0.717, 1.165) is 22.5 Å². The number of methoxy groups -OCH3 is 1. The molecule has 3 aromatic rings. The van der Waals surface area contributed by atoms with E-state index < -0.39 is 0 Å². The van der Waals surface area contributed by atoms with Crippen LogP contribution >= 0.6 is 34.8 Å². The maximum Gasteiger partial charge on any atom is 0.182 e. The molecule has 0 aliphatic heterocycles. The summed E-state index contributed by atoms with van der Waals surface area (Å²) in [7, 11) is 1.66. The smallest absolute Gasteiger partial charge is 0.182 e. The number of rotatable bonds is 2. The van der Waals surface area contributed by atoms with Crippen molar-refractivity contribution >= 4 is 45.8 Å². The van der Waals surface area contributed by atoms with Gasteiger partial charge in [-0.05, 0) is 71.2 Å². The van der Waals surface area contributed by atoms with Crippen LogP contribution in [0, 0.1) is 8.34 Å². The Labute approximate surface area is 129 Å². The highest BCUT2D eigenvalue weighted by Crippen LogP contribution is 2.24. The molecule has 2 aromatic carbocycles. The van der Waals surface area contributed by atoms with E-state index in [1.54, 1.807) is 7.11 Å². The number of hydrogen-bond acceptors (Lipinski definition) is 2. The molecule has 0 aliphatic rings. The van der Waals surface area contributed by atoms with Gasteiger partial charge in [-0.25, -0.2) is 0 Å². The summed E-state index contributed by atoms with van der Waals surface area (Å²) in [6.45, 7) is 0. The van der Waals surface area contributed by atoms with Crippen LogP contribution in [-0.4, -0.2) is 16.7 Å². The maximum absolute atomic E-state index is 5.41. The minimum absolute atomic E-state index is 0.685. The van der Waals surface area contributed by atoms with E-state index in [1.165, 1.54) is 3.57 Å². The summed E-state index contributed by atoms with van der Waals surface area (Å²) >= 11 is 7.70. The minimum Gasteiger partial charge on any atom is -0.497 e. The average Bonchev–Trinajstić information content (AvgIpc) is 2.75. The first-order valence-corrected chi connectivity index (χ1v) is 7.22. The van der Waals surface area contributed by atoms with Crippen molar-refractivity contribution in [2.45, 2.75) is 0 Å². The van der Waals surface area contributed by atoms with Crippen LogP contribution in [-0.2, 0) is 0 Å². The number of nitrogens with one attached hydrogen (secondary N) is 1. The number of aromatic nitrogens is 2. The standard InChI is InChI=1S/C14H11IN2OS/c1-18-11-6-7-12-13(8-11)17(14(19)16-12)10-4-2-9(15)3-5-10/h2-8H,1H3,(H,16,19). The SMILES string of the molecule is COc1ccc2[nH]c(=S)n(-c3ccc(I)cc3)c2c1. The second-order valence-corrected chi connectivity index (χ2v) is 5.76. The number of halogens is 1. The molecule has 0 saturated carbocycles. The molecule has 0 spiro atoms. The number of imidazole rings is 1. The fourth-order valence-corrected chi connectivity index (χ4v) is 2.73. The number of ether oxygens (including phenoxy) is 1. The lowest BCUT2D eigenvalue weighted by atomic mass is 10.2. The van der Waals surface area contributed by atoms with Crippen LogP contribution in [0.1, 0.15) is 0 Å². The number of H-pyrrole nitrogens is 1. The second-order valence-electron chi connectivity index (χ2n) is 4.13. The number of aromatic amines is 1. The highest BCUT2D eigenvalue weighted by molar-refractivity contribution is 14.1. The molecule has 0 radical (unpaired) electrons. The summed E-state index contributed by atoms with van der Waals surface area (Å²) in [5, 5.41) is 0. The van der Waals surface area contributed by atoms with Crippen molar-refractivity contribution in [1.82, 2.24) is 9.55 Å². The average molecular weight is 382 g/mol. The van der Waals surface area contributed by atoms with Gasteiger partial charge in [0.2, 0.25) is 0 Å². The van der Waals surface area contributed by atoms with Gasteiger partial charge in [-0.2, -0.15) is 0 Å². The monoisotopic (exact) mass is 382 g/mol. The van der Waals surface area contributed by atoms with Crippen LogP contribution in [0.15, 0.2) is 42.5 Å². The van der Waals surface area contributed by atoms with Gasteiger partial charge < -0.3 is 9.72 Å². The lowest BCUT2D eigenvalue weighted by molar-refractivity contribution is 0.415. The van der Waals surface area contributed by atoms with Crippen molar-refractivity contribution in [3.8, 4) is 11.4 Å². The van der Waals surface area contributed by atoms with Gasteiger partial charge in [0.05, 0.1) is 18.1 Å². The molecule has 0 amide bonds. The summed E-state index contributed by atoms with van der Waals surface area (Å²) in [6.07, 6.45) is 0. The van der Waals surface area contributed by atoms with Gasteiger partial charge in [0.1, 0.15) is 5.75 Å². The molecule has 0 atom stereocenters. The fourth-order valence-electron chi connectivity index (χ4n) is 2.06. The Morgan fingerprint density at radius 2 is 1.89 bits per heavy atom. The lowest BCUT2D eigenvalue weighted by Gasteiger charge is -2.06. The highest BCUT2D eigenvalue weighted by atomic mass is 127. The second kappa shape index (κ2) is 4.97. The number of fused-ring (bicyclic) bond motifs is 1. The number of nitrogens with zero attached hydrogens (tertiary/aromatic N) is 1. The van der Waals surface area contributed by atoms with E-state index in [9.17, 15) is 0 Å². The molecular formula is C14H11IN2OS. The lowest BCUT2D eigenvalue weighted by Crippen LogP contribution is -1.94. The zero-order valence-electron chi connectivity index (χ0n) is 10.2. The number of benzene rings is 2. The molecule has 96 valence electrons. The maximum atomic E-state index is 5.41. The fraction of sp³-hybridized carbons (Fsp3) is 0.0714. The molecule has 19 heavy (non-hydrogen) atoms. The molecule has 1 N–H and O–H groups in total. The van der Waals surface area contributed by atoms with Crippen LogP contribution in [0.2, 0.25) is 0 Å². The number of hydrogen-bond donors (Lipinski definition) is 1. The first-order valence-electron chi connectivity index (χ1n) is 5.74. The third-order valence-electron chi connectivity index (χ3n) is 2.98. The van der Waals surface area contributed by atoms with Gasteiger partial charge in [0.25, 0.3) is 0 Å². The molecule has 0 aliphatic carbocycles. The summed E-state index contributed by atoms with van der Waals surface area (Å²) in [6, 6.07) is 14.1. The third kappa shape index (κ3) is 2.28. The van der Waals surface area contributed by atoms with Crippen molar-refractivity contribution in [2.24, 2.45) is 0 Å². The van der Waals surface area contributed by atoms with E-state index in [2.05, 4.69) is 51.8 Å². The van der Waals surface area contributed by atoms with Crippen molar-refractivity contribution in [3.05, 3.63) is 50.8 Å². The van der Waals surface area contributed by atoms with Crippen molar-refractivity contribution in [2.75, 3.05) is 7.11 Å². The predicted octanol–water partition coefficient (Wildman–Crippen LogP) is 4.30. The quantitative estimate of drug-likeness (QED) is 0.529. The molecular weight excluding hydrogens is 371 g/mol. The molecule has 3 rings (SSSR count). The molecule has 1 heterocycles. The van der Waals surface area contributed by atoms with Gasteiger partial charge >= 0.3 is 0 Å². The Balaban J connectivity index is 2.30. The minimum atomic E-state index is 0.685. The summed E-state index contributed by atoms with van der Waals surface area (Å²) in [4.78, 5) is 3.21. The molecule has 3 nitrogen and oxygen atoms in total. The van der Waals surface area contributed by atoms with Crippen molar-refractivity contribution in [3.63, 3.8) is 0 Å². The third-order valence-corrected chi connectivity index (χ3v) is 3.98. The Bertz CT molecular complexity index is 789. The zero-order chi connectivity index (χ0) is 13.4. The van der Waals surface area contributed by atoms with Gasteiger partial charge in [-0.15, -0.1) is 0 Å². The Morgan fingerprint density at radius 1 is 1.16 bits per heavy atom. The molecule has 1 aromatic heterocycles. The summed E-state index contributed by atoms with van der Waals surface area (Å²) in [5.41, 5.74) is 3.07. The van der Waals surface area contributed by atoms with Gasteiger partial charge in [-0.3, -0.25) is 4.57 Å². The van der Waals surface area contributed by atoms with E-state index in [-0.39, 0.29) is 0 Å². The molecule has 0 bridgehead atoms. The van der Waals surface area contributed by atoms with Gasteiger partial charge in [-0.1, -0.05) is 0 Å². The van der Waals surface area contributed by atoms with Crippen LogP contribution in [0.25, 0.3) is 16.7 Å². The van der Waals surface area contributed by atoms with Crippen molar-refractivity contribution in [1.29, 1.82) is 0 Å². The first kappa shape index (κ1) is 12.7. The molecule has 0 unspecified atom stereocenters.